The van der Waals surface area contributed by atoms with Crippen LogP contribution in [0.25, 0.3) is 0 Å². The van der Waals surface area contributed by atoms with Crippen LogP contribution in [0.3, 0.4) is 0 Å². The number of carbonyl (C=O) groups excluding carboxylic acids is 2. The minimum Gasteiger partial charge on any atom is -0.484 e. The van der Waals surface area contributed by atoms with Crippen LogP contribution in [-0.4, -0.2) is 25.0 Å². The number of hydrogen-bond donors (Lipinski definition) is 4. The zero-order valence-corrected chi connectivity index (χ0v) is 9.51. The highest BCUT2D eigenvalue weighted by atomic mass is 16.5. The molecule has 0 saturated heterocycles. The molecule has 0 aliphatic carbocycles. The summed E-state index contributed by atoms with van der Waals surface area (Å²) in [6, 6.07) is 6.47. The normalized spacial score (nSPS) is 9.44. The first kappa shape index (κ1) is 13.7. The summed E-state index contributed by atoms with van der Waals surface area (Å²) >= 11 is 0. The van der Waals surface area contributed by atoms with Crippen LogP contribution in [0.1, 0.15) is 0 Å². The highest BCUT2D eigenvalue weighted by Gasteiger charge is 2.03. The maximum atomic E-state index is 10.9. The fourth-order valence-electron chi connectivity index (χ4n) is 1.03. The fourth-order valence-corrected chi connectivity index (χ4v) is 1.03. The number of hydrogen-bond acceptors (Lipinski definition) is 6. The first-order valence-corrected chi connectivity index (χ1v) is 5.00. The first-order valence-electron chi connectivity index (χ1n) is 5.00. The zero-order chi connectivity index (χ0) is 13.4. The van der Waals surface area contributed by atoms with Crippen molar-refractivity contribution in [2.45, 2.75) is 0 Å². The smallest absolute Gasteiger partial charge is 0.271 e. The highest BCUT2D eigenvalue weighted by molar-refractivity contribution is 5.77. The van der Waals surface area contributed by atoms with Gasteiger partial charge in [0.05, 0.1) is 0 Å². The van der Waals surface area contributed by atoms with Gasteiger partial charge in [0.1, 0.15) is 11.5 Å². The monoisotopic (exact) mass is 254 g/mol. The molecular weight excluding hydrogens is 240 g/mol. The van der Waals surface area contributed by atoms with Crippen LogP contribution in [0.15, 0.2) is 24.3 Å². The SMILES string of the molecule is NNC(=O)COc1cccc(OCC(=O)NN)c1. The van der Waals surface area contributed by atoms with Crippen molar-refractivity contribution in [1.82, 2.24) is 10.9 Å². The number of carbonyl (C=O) groups is 2. The fraction of sp³-hybridized carbons (Fsp3) is 0.200. The summed E-state index contributed by atoms with van der Waals surface area (Å²) in [5.74, 6) is 9.74. The lowest BCUT2D eigenvalue weighted by Crippen LogP contribution is -2.34. The predicted molar refractivity (Wildman–Crippen MR) is 62.1 cm³/mol. The second-order valence-electron chi connectivity index (χ2n) is 3.19. The number of benzene rings is 1. The zero-order valence-electron chi connectivity index (χ0n) is 9.51. The lowest BCUT2D eigenvalue weighted by Gasteiger charge is -2.08. The van der Waals surface area contributed by atoms with E-state index in [1.54, 1.807) is 18.2 Å². The van der Waals surface area contributed by atoms with E-state index in [0.29, 0.717) is 11.5 Å². The number of nitrogens with one attached hydrogen (secondary N) is 2. The quantitative estimate of drug-likeness (QED) is 0.275. The third-order valence-electron chi connectivity index (χ3n) is 1.87. The molecule has 8 nitrogen and oxygen atoms in total. The van der Waals surface area contributed by atoms with Crippen LogP contribution in [0.2, 0.25) is 0 Å². The van der Waals surface area contributed by atoms with E-state index >= 15 is 0 Å². The number of amides is 2. The Morgan fingerprint density at radius 2 is 1.44 bits per heavy atom. The Bertz CT molecular complexity index is 389. The van der Waals surface area contributed by atoms with Crippen molar-refractivity contribution in [3.8, 4) is 11.5 Å². The maximum absolute atomic E-state index is 10.9. The lowest BCUT2D eigenvalue weighted by molar-refractivity contribution is -0.123. The standard InChI is InChI=1S/C10H14N4O4/c11-13-9(15)5-17-7-2-1-3-8(4-7)18-6-10(16)14-12/h1-4H,5-6,11-12H2,(H,13,15)(H,14,16). The molecule has 98 valence electrons. The second kappa shape index (κ2) is 7.09. The van der Waals surface area contributed by atoms with E-state index < -0.39 is 11.8 Å². The molecule has 0 bridgehead atoms. The van der Waals surface area contributed by atoms with Crippen LogP contribution in [0, 0.1) is 0 Å². The van der Waals surface area contributed by atoms with E-state index in [0.717, 1.165) is 0 Å². The summed E-state index contributed by atoms with van der Waals surface area (Å²) in [5, 5.41) is 0. The van der Waals surface area contributed by atoms with Gasteiger partial charge in [0, 0.05) is 6.07 Å². The Hall–Kier alpha value is -2.32. The average Bonchev–Trinajstić information content (AvgIpc) is 2.42. The largest absolute Gasteiger partial charge is 0.484 e. The van der Waals surface area contributed by atoms with Gasteiger partial charge >= 0.3 is 0 Å². The first-order chi connectivity index (χ1) is 8.65. The molecule has 2 amide bonds. The number of hydrazine groups is 2. The molecule has 18 heavy (non-hydrogen) atoms. The molecule has 6 N–H and O–H groups in total. The van der Waals surface area contributed by atoms with Crippen LogP contribution in [-0.2, 0) is 9.59 Å². The van der Waals surface area contributed by atoms with Crippen LogP contribution >= 0.6 is 0 Å². The Labute approximate surface area is 103 Å². The molecule has 0 radical (unpaired) electrons. The van der Waals surface area contributed by atoms with Gasteiger partial charge in [-0.3, -0.25) is 20.4 Å². The van der Waals surface area contributed by atoms with Crippen molar-refractivity contribution in [3.05, 3.63) is 24.3 Å². The van der Waals surface area contributed by atoms with Crippen molar-refractivity contribution in [2.75, 3.05) is 13.2 Å². The van der Waals surface area contributed by atoms with Gasteiger partial charge in [-0.25, -0.2) is 11.7 Å². The number of nitrogens with two attached hydrogens (primary N) is 2. The molecule has 0 aromatic heterocycles. The molecule has 1 aromatic rings. The van der Waals surface area contributed by atoms with Gasteiger partial charge in [-0.15, -0.1) is 0 Å². The minimum atomic E-state index is -0.455. The van der Waals surface area contributed by atoms with E-state index in [9.17, 15) is 9.59 Å². The molecule has 0 fully saturated rings. The van der Waals surface area contributed by atoms with Crippen molar-refractivity contribution >= 4 is 11.8 Å². The van der Waals surface area contributed by atoms with Crippen molar-refractivity contribution < 1.29 is 19.1 Å². The summed E-state index contributed by atoms with van der Waals surface area (Å²) < 4.78 is 10.3. The van der Waals surface area contributed by atoms with Crippen molar-refractivity contribution in [3.63, 3.8) is 0 Å². The molecule has 0 aliphatic rings. The minimum absolute atomic E-state index is 0.205. The molecule has 8 heteroatoms. The third-order valence-corrected chi connectivity index (χ3v) is 1.87. The Morgan fingerprint density at radius 3 is 1.83 bits per heavy atom. The summed E-state index contributed by atoms with van der Waals surface area (Å²) in [6.45, 7) is -0.410. The van der Waals surface area contributed by atoms with Crippen molar-refractivity contribution in [2.24, 2.45) is 11.7 Å². The van der Waals surface area contributed by atoms with Gasteiger partial charge in [-0.1, -0.05) is 6.07 Å². The predicted octanol–water partition coefficient (Wildman–Crippen LogP) is -1.58. The number of ether oxygens (including phenoxy) is 2. The van der Waals surface area contributed by atoms with E-state index in [2.05, 4.69) is 0 Å². The third kappa shape index (κ3) is 4.68. The molecule has 1 aromatic carbocycles. The topological polar surface area (TPSA) is 129 Å². The lowest BCUT2D eigenvalue weighted by atomic mass is 10.3. The van der Waals surface area contributed by atoms with Crippen molar-refractivity contribution in [1.29, 1.82) is 0 Å². The second-order valence-corrected chi connectivity index (χ2v) is 3.19. The summed E-state index contributed by atoms with van der Waals surface area (Å²) in [7, 11) is 0. The molecule has 1 rings (SSSR count). The van der Waals surface area contributed by atoms with Gasteiger partial charge in [0.15, 0.2) is 13.2 Å². The number of rotatable bonds is 6. The molecule has 0 atom stereocenters. The molecule has 0 aliphatic heterocycles. The van der Waals surface area contributed by atoms with Gasteiger partial charge in [-0.2, -0.15) is 0 Å². The van der Waals surface area contributed by atoms with Gasteiger partial charge in [-0.05, 0) is 12.1 Å². The average molecular weight is 254 g/mol. The summed E-state index contributed by atoms with van der Waals surface area (Å²) in [4.78, 5) is 21.7. The Morgan fingerprint density at radius 1 is 1.00 bits per heavy atom. The van der Waals surface area contributed by atoms with E-state index in [1.165, 1.54) is 6.07 Å². The van der Waals surface area contributed by atoms with Crippen LogP contribution in [0.5, 0.6) is 11.5 Å². The molecule has 0 saturated carbocycles. The Kier molecular flexibility index (Phi) is 5.42. The van der Waals surface area contributed by atoms with Crippen LogP contribution < -0.4 is 32.0 Å². The van der Waals surface area contributed by atoms with Gasteiger partial charge < -0.3 is 9.47 Å². The van der Waals surface area contributed by atoms with E-state index in [1.807, 2.05) is 10.9 Å². The summed E-state index contributed by atoms with van der Waals surface area (Å²) in [6.07, 6.45) is 0. The molecule has 0 spiro atoms. The maximum Gasteiger partial charge on any atom is 0.271 e. The molecule has 0 unspecified atom stereocenters. The highest BCUT2D eigenvalue weighted by Crippen LogP contribution is 2.19. The van der Waals surface area contributed by atoms with Gasteiger partial charge in [0.2, 0.25) is 0 Å². The molecular formula is C10H14N4O4. The Balaban J connectivity index is 2.51. The van der Waals surface area contributed by atoms with Gasteiger partial charge in [0.25, 0.3) is 11.8 Å². The summed E-state index contributed by atoms with van der Waals surface area (Å²) in [5.41, 5.74) is 3.87. The molecule has 0 heterocycles. The van der Waals surface area contributed by atoms with Crippen LogP contribution in [0.4, 0.5) is 0 Å². The van der Waals surface area contributed by atoms with E-state index in [4.69, 9.17) is 21.2 Å². The van der Waals surface area contributed by atoms with E-state index in [-0.39, 0.29) is 13.2 Å².